The van der Waals surface area contributed by atoms with Crippen molar-refractivity contribution in [1.82, 2.24) is 15.1 Å². The van der Waals surface area contributed by atoms with Gasteiger partial charge in [-0.15, -0.1) is 0 Å². The number of amides is 1. The van der Waals surface area contributed by atoms with Crippen LogP contribution in [0.3, 0.4) is 0 Å². The van der Waals surface area contributed by atoms with Crippen molar-refractivity contribution in [3.05, 3.63) is 58.9 Å². The first-order valence-corrected chi connectivity index (χ1v) is 10.4. The summed E-state index contributed by atoms with van der Waals surface area (Å²) in [7, 11) is 0. The number of ether oxygens (including phenoxy) is 2. The highest BCUT2D eigenvalue weighted by Gasteiger charge is 2.53. The van der Waals surface area contributed by atoms with Crippen molar-refractivity contribution < 1.29 is 14.3 Å². The third kappa shape index (κ3) is 3.31. The van der Waals surface area contributed by atoms with Crippen molar-refractivity contribution in [2.45, 2.75) is 42.5 Å². The molecule has 0 N–H and O–H groups in total. The minimum Gasteiger partial charge on any atom is -0.445 e. The van der Waals surface area contributed by atoms with Gasteiger partial charge in [-0.1, -0.05) is 52.9 Å². The molecule has 1 spiro atoms. The van der Waals surface area contributed by atoms with Crippen molar-refractivity contribution in [3.8, 4) is 0 Å². The fourth-order valence-corrected chi connectivity index (χ4v) is 5.29. The van der Waals surface area contributed by atoms with Crippen molar-refractivity contribution in [2.24, 2.45) is 0 Å². The van der Waals surface area contributed by atoms with Crippen LogP contribution in [0.5, 0.6) is 0 Å². The number of halogens is 1. The molecule has 3 unspecified atom stereocenters. The van der Waals surface area contributed by atoms with E-state index in [4.69, 9.17) is 9.47 Å². The molecule has 7 heteroatoms. The Kier molecular flexibility index (Phi) is 5.07. The molecular weight excluding hydrogens is 457 g/mol. The molecule has 1 amide bonds. The van der Waals surface area contributed by atoms with Gasteiger partial charge in [0.1, 0.15) is 18.3 Å². The minimum absolute atomic E-state index is 0.0822. The molecule has 3 atom stereocenters. The minimum atomic E-state index is -0.411. The van der Waals surface area contributed by atoms with Crippen molar-refractivity contribution in [3.63, 3.8) is 0 Å². The van der Waals surface area contributed by atoms with Gasteiger partial charge in [-0.2, -0.15) is 10.2 Å². The SMILES string of the molecule is Cc1cnnc2c1C1(CCN(C(=O)OCc3ccccc3)CC1I)OC2C. The zero-order valence-corrected chi connectivity index (χ0v) is 17.5. The molecule has 2 aliphatic rings. The van der Waals surface area contributed by atoms with Gasteiger partial charge in [0.05, 0.1) is 15.8 Å². The van der Waals surface area contributed by atoms with Gasteiger partial charge < -0.3 is 14.4 Å². The Bertz CT molecular complexity index is 848. The van der Waals surface area contributed by atoms with E-state index < -0.39 is 5.60 Å². The molecule has 0 aliphatic carbocycles. The second-order valence-electron chi connectivity index (χ2n) is 7.14. The Morgan fingerprint density at radius 1 is 1.41 bits per heavy atom. The summed E-state index contributed by atoms with van der Waals surface area (Å²) in [6, 6.07) is 9.73. The maximum Gasteiger partial charge on any atom is 0.410 e. The number of carbonyl (C=O) groups excluding carboxylic acids is 1. The number of hydrogen-bond acceptors (Lipinski definition) is 5. The predicted octanol–water partition coefficient (Wildman–Crippen LogP) is 3.92. The monoisotopic (exact) mass is 479 g/mol. The molecule has 4 rings (SSSR count). The number of carbonyl (C=O) groups is 1. The van der Waals surface area contributed by atoms with Gasteiger partial charge in [0.25, 0.3) is 0 Å². The number of aromatic nitrogens is 2. The summed E-state index contributed by atoms with van der Waals surface area (Å²) in [5, 5.41) is 8.41. The molecule has 6 nitrogen and oxygen atoms in total. The molecule has 0 radical (unpaired) electrons. The van der Waals surface area contributed by atoms with Gasteiger partial charge >= 0.3 is 6.09 Å². The van der Waals surface area contributed by atoms with E-state index in [-0.39, 0.29) is 22.7 Å². The van der Waals surface area contributed by atoms with Crippen LogP contribution in [0.15, 0.2) is 36.5 Å². The molecule has 1 saturated heterocycles. The van der Waals surface area contributed by atoms with E-state index in [0.29, 0.717) is 13.1 Å². The molecule has 0 saturated carbocycles. The van der Waals surface area contributed by atoms with Gasteiger partial charge in [-0.25, -0.2) is 4.79 Å². The zero-order chi connectivity index (χ0) is 19.0. The zero-order valence-electron chi connectivity index (χ0n) is 15.4. The summed E-state index contributed by atoms with van der Waals surface area (Å²) >= 11 is 2.40. The molecule has 27 heavy (non-hydrogen) atoms. The Balaban J connectivity index is 1.47. The summed E-state index contributed by atoms with van der Waals surface area (Å²) in [6.45, 7) is 5.55. The summed E-state index contributed by atoms with van der Waals surface area (Å²) in [6.07, 6.45) is 2.17. The predicted molar refractivity (Wildman–Crippen MR) is 109 cm³/mol. The van der Waals surface area contributed by atoms with E-state index in [1.165, 1.54) is 0 Å². The van der Waals surface area contributed by atoms with Crippen molar-refractivity contribution in [1.29, 1.82) is 0 Å². The van der Waals surface area contributed by atoms with Gasteiger partial charge in [-0.05, 0) is 31.4 Å². The first-order chi connectivity index (χ1) is 13.0. The van der Waals surface area contributed by atoms with Gasteiger partial charge in [-0.3, -0.25) is 0 Å². The van der Waals surface area contributed by atoms with E-state index in [1.54, 1.807) is 11.1 Å². The first kappa shape index (κ1) is 18.6. The number of likely N-dealkylation sites (tertiary alicyclic amines) is 1. The van der Waals surface area contributed by atoms with Crippen LogP contribution >= 0.6 is 22.6 Å². The highest BCUT2D eigenvalue weighted by molar-refractivity contribution is 14.1. The topological polar surface area (TPSA) is 64.6 Å². The van der Waals surface area contributed by atoms with E-state index in [2.05, 4.69) is 39.7 Å². The lowest BCUT2D eigenvalue weighted by Crippen LogP contribution is -2.52. The molecular formula is C20H22IN3O3. The Morgan fingerprint density at radius 2 is 2.19 bits per heavy atom. The number of benzene rings is 1. The lowest BCUT2D eigenvalue weighted by Gasteiger charge is -2.43. The quantitative estimate of drug-likeness (QED) is 0.483. The smallest absolute Gasteiger partial charge is 0.410 e. The van der Waals surface area contributed by atoms with Crippen LogP contribution in [0.2, 0.25) is 0 Å². The molecule has 1 aromatic heterocycles. The van der Waals surface area contributed by atoms with Crippen LogP contribution in [-0.4, -0.2) is 38.2 Å². The van der Waals surface area contributed by atoms with Crippen LogP contribution in [0, 0.1) is 6.92 Å². The van der Waals surface area contributed by atoms with Gasteiger partial charge in [0, 0.05) is 18.7 Å². The highest BCUT2D eigenvalue weighted by atomic mass is 127. The molecule has 3 heterocycles. The van der Waals surface area contributed by atoms with E-state index in [9.17, 15) is 4.79 Å². The largest absolute Gasteiger partial charge is 0.445 e. The molecule has 2 aliphatic heterocycles. The fraction of sp³-hybridized carbons (Fsp3) is 0.450. The lowest BCUT2D eigenvalue weighted by molar-refractivity contribution is -0.0938. The Labute approximate surface area is 172 Å². The number of fused-ring (bicyclic) bond motifs is 2. The Morgan fingerprint density at radius 3 is 2.93 bits per heavy atom. The highest BCUT2D eigenvalue weighted by Crippen LogP contribution is 2.51. The third-order valence-electron chi connectivity index (χ3n) is 5.37. The Hall–Kier alpha value is -1.74. The standard InChI is InChI=1S/C20H22IN3O3/c1-13-10-22-23-18-14(2)27-20(17(13)18)8-9-24(11-16(20)21)19(25)26-12-15-6-4-3-5-7-15/h3-7,10,14,16H,8-9,11-12H2,1-2H3. The van der Waals surface area contributed by atoms with E-state index in [0.717, 1.165) is 28.8 Å². The number of rotatable bonds is 2. The second-order valence-corrected chi connectivity index (χ2v) is 8.64. The number of hydrogen-bond donors (Lipinski definition) is 0. The maximum absolute atomic E-state index is 12.5. The number of aryl methyl sites for hydroxylation is 1. The average Bonchev–Trinajstić information content (AvgIpc) is 2.97. The van der Waals surface area contributed by atoms with Gasteiger partial charge in [0.15, 0.2) is 0 Å². The number of nitrogens with zero attached hydrogens (tertiary/aromatic N) is 3. The van der Waals surface area contributed by atoms with Crippen LogP contribution in [0.1, 0.15) is 41.8 Å². The number of piperidine rings is 1. The molecule has 2 aromatic rings. The fourth-order valence-electron chi connectivity index (χ4n) is 4.04. The van der Waals surface area contributed by atoms with Crippen LogP contribution < -0.4 is 0 Å². The average molecular weight is 479 g/mol. The van der Waals surface area contributed by atoms with Crippen LogP contribution in [0.25, 0.3) is 0 Å². The summed E-state index contributed by atoms with van der Waals surface area (Å²) in [5.74, 6) is 0. The normalized spacial score (nSPS) is 26.9. The third-order valence-corrected chi connectivity index (χ3v) is 6.77. The summed E-state index contributed by atoms with van der Waals surface area (Å²) in [5.41, 5.74) is 3.76. The lowest BCUT2D eigenvalue weighted by atomic mass is 9.83. The molecule has 0 bridgehead atoms. The molecule has 1 fully saturated rings. The van der Waals surface area contributed by atoms with Gasteiger partial charge in [0.2, 0.25) is 0 Å². The molecule has 1 aromatic carbocycles. The first-order valence-electron chi connectivity index (χ1n) is 9.11. The van der Waals surface area contributed by atoms with E-state index >= 15 is 0 Å². The number of alkyl halides is 1. The summed E-state index contributed by atoms with van der Waals surface area (Å²) in [4.78, 5) is 14.3. The van der Waals surface area contributed by atoms with Crippen molar-refractivity contribution >= 4 is 28.7 Å². The van der Waals surface area contributed by atoms with Crippen LogP contribution in [-0.2, 0) is 21.7 Å². The van der Waals surface area contributed by atoms with E-state index in [1.807, 2.05) is 37.3 Å². The van der Waals surface area contributed by atoms with Crippen molar-refractivity contribution in [2.75, 3.05) is 13.1 Å². The summed E-state index contributed by atoms with van der Waals surface area (Å²) < 4.78 is 12.0. The second kappa shape index (κ2) is 7.35. The molecule has 142 valence electrons. The maximum atomic E-state index is 12.5. The van der Waals surface area contributed by atoms with Crippen LogP contribution in [0.4, 0.5) is 4.79 Å².